The number of halogens is 4. The van der Waals surface area contributed by atoms with Crippen molar-refractivity contribution in [1.29, 1.82) is 0 Å². The van der Waals surface area contributed by atoms with E-state index in [1.165, 1.54) is 41.3 Å². The van der Waals surface area contributed by atoms with Crippen molar-refractivity contribution in [2.45, 2.75) is 50.7 Å². The molecule has 0 aromatic heterocycles. The Morgan fingerprint density at radius 1 is 0.900 bits per heavy atom. The number of amides is 2. The normalized spacial score (nSPS) is 12.9. The lowest BCUT2D eigenvalue weighted by Crippen LogP contribution is -2.52. The summed E-state index contributed by atoms with van der Waals surface area (Å²) in [7, 11) is -4.28. The van der Waals surface area contributed by atoms with E-state index in [-0.39, 0.29) is 33.2 Å². The minimum atomic E-state index is -4.28. The van der Waals surface area contributed by atoms with Crippen molar-refractivity contribution in [3.05, 3.63) is 92.4 Å². The molecule has 2 atom stereocenters. The molecule has 0 radical (unpaired) electrons. The largest absolute Gasteiger partial charge is 0.352 e. The summed E-state index contributed by atoms with van der Waals surface area (Å²) in [5, 5.41) is 3.66. The Hall–Kier alpha value is -2.49. The van der Waals surface area contributed by atoms with E-state index in [2.05, 4.69) is 5.32 Å². The van der Waals surface area contributed by atoms with Crippen molar-refractivity contribution in [3.63, 3.8) is 0 Å². The van der Waals surface area contributed by atoms with Gasteiger partial charge in [-0.25, -0.2) is 8.42 Å². The molecule has 0 aliphatic rings. The summed E-state index contributed by atoms with van der Waals surface area (Å²) in [5.74, 6) is -1.06. The zero-order valence-electron chi connectivity index (χ0n) is 22.1. The molecule has 3 aromatic carbocycles. The van der Waals surface area contributed by atoms with E-state index in [9.17, 15) is 18.0 Å². The molecule has 0 fully saturated rings. The number of rotatable bonds is 11. The Morgan fingerprint density at radius 3 is 2.20 bits per heavy atom. The molecule has 0 heterocycles. The number of benzene rings is 3. The highest BCUT2D eigenvalue weighted by atomic mass is 35.5. The maximum atomic E-state index is 14.0. The van der Waals surface area contributed by atoms with Crippen molar-refractivity contribution in [2.24, 2.45) is 0 Å². The smallest absolute Gasteiger partial charge is 0.264 e. The van der Waals surface area contributed by atoms with Crippen molar-refractivity contribution < 1.29 is 18.0 Å². The van der Waals surface area contributed by atoms with Crippen LogP contribution in [0.25, 0.3) is 0 Å². The predicted octanol–water partition coefficient (Wildman–Crippen LogP) is 6.83. The van der Waals surface area contributed by atoms with Crippen LogP contribution in [0.5, 0.6) is 0 Å². The molecule has 0 saturated carbocycles. The average molecular weight is 645 g/mol. The van der Waals surface area contributed by atoms with Gasteiger partial charge in [0, 0.05) is 22.6 Å². The molecule has 0 aliphatic carbocycles. The number of carbonyl (C=O) groups excluding carboxylic acids is 2. The zero-order valence-corrected chi connectivity index (χ0v) is 25.9. The van der Waals surface area contributed by atoms with Crippen LogP contribution in [0.15, 0.2) is 71.6 Å². The van der Waals surface area contributed by atoms with E-state index in [0.717, 1.165) is 4.31 Å². The molecule has 1 N–H and O–H groups in total. The van der Waals surface area contributed by atoms with E-state index in [0.29, 0.717) is 22.0 Å². The minimum absolute atomic E-state index is 0.0209. The quantitative estimate of drug-likeness (QED) is 0.248. The number of carbonyl (C=O) groups is 2. The molecule has 12 heteroatoms. The molecule has 3 aromatic rings. The Morgan fingerprint density at radius 2 is 1.57 bits per heavy atom. The molecule has 3 rings (SSSR count). The molecule has 0 unspecified atom stereocenters. The first-order valence-corrected chi connectivity index (χ1v) is 15.4. The van der Waals surface area contributed by atoms with E-state index in [1.807, 2.05) is 13.8 Å². The lowest BCUT2D eigenvalue weighted by molar-refractivity contribution is -0.139. The second-order valence-electron chi connectivity index (χ2n) is 9.15. The fourth-order valence-corrected chi connectivity index (χ4v) is 6.16. The zero-order chi connectivity index (χ0) is 29.6. The Balaban J connectivity index is 2.08. The molecule has 40 heavy (non-hydrogen) atoms. The van der Waals surface area contributed by atoms with Gasteiger partial charge < -0.3 is 10.2 Å². The fourth-order valence-electron chi connectivity index (χ4n) is 3.80. The van der Waals surface area contributed by atoms with Crippen LogP contribution in [0, 0.1) is 0 Å². The summed E-state index contributed by atoms with van der Waals surface area (Å²) in [6.07, 6.45) is 0.686. The van der Waals surface area contributed by atoms with Gasteiger partial charge in [0.25, 0.3) is 10.0 Å². The van der Waals surface area contributed by atoms with E-state index in [4.69, 9.17) is 46.4 Å². The third kappa shape index (κ3) is 7.62. The molecule has 0 aliphatic heterocycles. The van der Waals surface area contributed by atoms with Crippen molar-refractivity contribution >= 4 is 73.9 Å². The van der Waals surface area contributed by atoms with Gasteiger partial charge in [-0.05, 0) is 62.2 Å². The van der Waals surface area contributed by atoms with Gasteiger partial charge >= 0.3 is 0 Å². The van der Waals surface area contributed by atoms with Gasteiger partial charge in [-0.15, -0.1) is 0 Å². The Kier molecular flexibility index (Phi) is 11.1. The highest BCUT2D eigenvalue weighted by molar-refractivity contribution is 7.92. The first kappa shape index (κ1) is 32.0. The van der Waals surface area contributed by atoms with Crippen molar-refractivity contribution in [2.75, 3.05) is 10.8 Å². The Labute approximate surface area is 255 Å². The second-order valence-corrected chi connectivity index (χ2v) is 12.6. The number of sulfonamides is 1. The van der Waals surface area contributed by atoms with Crippen LogP contribution in [0.4, 0.5) is 5.69 Å². The highest BCUT2D eigenvalue weighted by Gasteiger charge is 2.34. The second kappa shape index (κ2) is 13.9. The van der Waals surface area contributed by atoms with E-state index < -0.39 is 34.4 Å². The number of anilines is 1. The molecule has 0 bridgehead atoms. The maximum Gasteiger partial charge on any atom is 0.264 e. The van der Waals surface area contributed by atoms with Gasteiger partial charge in [-0.1, -0.05) is 83.7 Å². The van der Waals surface area contributed by atoms with Crippen LogP contribution < -0.4 is 9.62 Å². The number of hydrogen-bond acceptors (Lipinski definition) is 4. The third-order valence-corrected chi connectivity index (χ3v) is 9.50. The number of nitrogens with one attached hydrogen (secondary N) is 1. The van der Waals surface area contributed by atoms with Gasteiger partial charge in [-0.2, -0.15) is 0 Å². The van der Waals surface area contributed by atoms with Crippen LogP contribution in [0.3, 0.4) is 0 Å². The summed E-state index contributed by atoms with van der Waals surface area (Å²) in [6.45, 7) is 4.60. The molecule has 7 nitrogen and oxygen atoms in total. The standard InChI is InChI=1S/C28H29Cl4N3O4S/c1-4-18(2)33-28(37)19(3)34(16-20-13-14-21(29)15-24(20)31)26(36)17-35(25-12-8-11-23(30)27(25)32)40(38,39)22-9-6-5-7-10-22/h5-15,18-19H,4,16-17H2,1-3H3,(H,33,37)/t18-,19+/m1/s1. The molecular formula is C28H29Cl4N3O4S. The predicted molar refractivity (Wildman–Crippen MR) is 162 cm³/mol. The first-order chi connectivity index (χ1) is 18.9. The van der Waals surface area contributed by atoms with Gasteiger partial charge in [0.2, 0.25) is 11.8 Å². The lowest BCUT2D eigenvalue weighted by Gasteiger charge is -2.33. The molecule has 2 amide bonds. The number of hydrogen-bond donors (Lipinski definition) is 1. The van der Waals surface area contributed by atoms with Crippen molar-refractivity contribution in [1.82, 2.24) is 10.2 Å². The molecule has 0 spiro atoms. The molecular weight excluding hydrogens is 616 g/mol. The summed E-state index contributed by atoms with van der Waals surface area (Å²) in [4.78, 5) is 28.3. The van der Waals surface area contributed by atoms with Crippen LogP contribution in [0.1, 0.15) is 32.8 Å². The summed E-state index contributed by atoms with van der Waals surface area (Å²) < 4.78 is 28.6. The molecule has 214 valence electrons. The van der Waals surface area contributed by atoms with Gasteiger partial charge in [0.1, 0.15) is 12.6 Å². The Bertz CT molecular complexity index is 1470. The van der Waals surface area contributed by atoms with Crippen LogP contribution in [-0.4, -0.2) is 43.8 Å². The van der Waals surface area contributed by atoms with Crippen molar-refractivity contribution in [3.8, 4) is 0 Å². The van der Waals surface area contributed by atoms with E-state index in [1.54, 1.807) is 37.3 Å². The van der Waals surface area contributed by atoms with Crippen LogP contribution in [0.2, 0.25) is 20.1 Å². The average Bonchev–Trinajstić information content (AvgIpc) is 2.92. The summed E-state index contributed by atoms with van der Waals surface area (Å²) >= 11 is 25.1. The van der Waals surface area contributed by atoms with Crippen LogP contribution >= 0.6 is 46.4 Å². The summed E-state index contributed by atoms with van der Waals surface area (Å²) in [6, 6.07) is 15.9. The number of nitrogens with zero attached hydrogens (tertiary/aromatic N) is 2. The monoisotopic (exact) mass is 643 g/mol. The molecule has 0 saturated heterocycles. The fraction of sp³-hybridized carbons (Fsp3) is 0.286. The lowest BCUT2D eigenvalue weighted by atomic mass is 10.1. The summed E-state index contributed by atoms with van der Waals surface area (Å²) in [5.41, 5.74) is 0.549. The van der Waals surface area contributed by atoms with Gasteiger partial charge in [0.05, 0.1) is 20.6 Å². The SMILES string of the molecule is CC[C@@H](C)NC(=O)[C@H](C)N(Cc1ccc(Cl)cc1Cl)C(=O)CN(c1cccc(Cl)c1Cl)S(=O)(=O)c1ccccc1. The highest BCUT2D eigenvalue weighted by Crippen LogP contribution is 2.35. The minimum Gasteiger partial charge on any atom is -0.352 e. The maximum absolute atomic E-state index is 14.0. The first-order valence-electron chi connectivity index (χ1n) is 12.4. The van der Waals surface area contributed by atoms with Crippen LogP contribution in [-0.2, 0) is 26.2 Å². The van der Waals surface area contributed by atoms with E-state index >= 15 is 0 Å². The van der Waals surface area contributed by atoms with Gasteiger partial charge in [-0.3, -0.25) is 13.9 Å². The van der Waals surface area contributed by atoms with Gasteiger partial charge in [0.15, 0.2) is 0 Å². The third-order valence-electron chi connectivity index (χ3n) is 6.33. The topological polar surface area (TPSA) is 86.8 Å².